The zero-order chi connectivity index (χ0) is 14.7. The van der Waals surface area contributed by atoms with Gasteiger partial charge in [-0.25, -0.2) is 4.39 Å². The normalized spacial score (nSPS) is 16.9. The number of rotatable bonds is 2. The molecule has 6 heteroatoms. The third kappa shape index (κ3) is 3.14. The van der Waals surface area contributed by atoms with Gasteiger partial charge in [-0.05, 0) is 25.1 Å². The lowest BCUT2D eigenvalue weighted by atomic mass is 10.1. The fraction of sp³-hybridized carbons (Fsp3) is 0.429. The second kappa shape index (κ2) is 6.00. The van der Waals surface area contributed by atoms with Crippen molar-refractivity contribution in [2.75, 3.05) is 26.2 Å². The summed E-state index contributed by atoms with van der Waals surface area (Å²) in [7, 11) is 0. The second-order valence-corrected chi connectivity index (χ2v) is 4.80. The first-order chi connectivity index (χ1) is 9.49. The van der Waals surface area contributed by atoms with Crippen LogP contribution in [0.3, 0.4) is 0 Å². The molecule has 1 aromatic rings. The van der Waals surface area contributed by atoms with Crippen LogP contribution >= 0.6 is 0 Å². The number of piperazine rings is 1. The highest BCUT2D eigenvalue weighted by molar-refractivity contribution is 5.94. The van der Waals surface area contributed by atoms with Gasteiger partial charge in [0.2, 0.25) is 0 Å². The summed E-state index contributed by atoms with van der Waals surface area (Å²) in [6.07, 6.45) is -1.03. The summed E-state index contributed by atoms with van der Waals surface area (Å²) < 4.78 is 13.1. The number of hydrogen-bond donors (Lipinski definition) is 1. The molecule has 5 nitrogen and oxygen atoms in total. The van der Waals surface area contributed by atoms with Crippen LogP contribution in [-0.4, -0.2) is 59.0 Å². The van der Waals surface area contributed by atoms with Crippen molar-refractivity contribution in [1.29, 1.82) is 0 Å². The first kappa shape index (κ1) is 14.5. The van der Waals surface area contributed by atoms with Gasteiger partial charge < -0.3 is 14.9 Å². The van der Waals surface area contributed by atoms with Crippen LogP contribution in [0.1, 0.15) is 17.3 Å². The maximum Gasteiger partial charge on any atom is 0.254 e. The molecule has 0 spiro atoms. The monoisotopic (exact) mass is 280 g/mol. The number of hydrogen-bond acceptors (Lipinski definition) is 3. The Balaban J connectivity index is 1.97. The van der Waals surface area contributed by atoms with Gasteiger partial charge in [0.1, 0.15) is 11.9 Å². The van der Waals surface area contributed by atoms with E-state index in [4.69, 9.17) is 0 Å². The van der Waals surface area contributed by atoms with E-state index in [2.05, 4.69) is 0 Å². The minimum absolute atomic E-state index is 0.242. The summed E-state index contributed by atoms with van der Waals surface area (Å²) in [5.74, 6) is -1.02. The number of carbonyl (C=O) groups is 2. The van der Waals surface area contributed by atoms with E-state index in [1.807, 2.05) is 0 Å². The molecule has 1 N–H and O–H groups in total. The number of amides is 2. The van der Waals surface area contributed by atoms with Gasteiger partial charge in [-0.3, -0.25) is 9.59 Å². The molecule has 108 valence electrons. The third-order valence-corrected chi connectivity index (χ3v) is 3.31. The molecule has 1 aliphatic heterocycles. The molecule has 0 aromatic heterocycles. The van der Waals surface area contributed by atoms with E-state index in [0.29, 0.717) is 31.7 Å². The summed E-state index contributed by atoms with van der Waals surface area (Å²) in [6, 6.07) is 5.56. The van der Waals surface area contributed by atoms with Crippen molar-refractivity contribution < 1.29 is 19.1 Å². The fourth-order valence-electron chi connectivity index (χ4n) is 2.20. The van der Waals surface area contributed by atoms with Gasteiger partial charge >= 0.3 is 0 Å². The number of halogens is 1. The van der Waals surface area contributed by atoms with Crippen molar-refractivity contribution in [3.63, 3.8) is 0 Å². The number of aliphatic hydroxyl groups is 1. The lowest BCUT2D eigenvalue weighted by Crippen LogP contribution is -2.52. The molecule has 20 heavy (non-hydrogen) atoms. The number of benzene rings is 1. The average Bonchev–Trinajstić information content (AvgIpc) is 2.46. The molecule has 1 heterocycles. The molecule has 1 fully saturated rings. The van der Waals surface area contributed by atoms with Crippen molar-refractivity contribution in [3.05, 3.63) is 35.6 Å². The minimum atomic E-state index is -1.03. The van der Waals surface area contributed by atoms with Crippen molar-refractivity contribution >= 4 is 11.8 Å². The summed E-state index contributed by atoms with van der Waals surface area (Å²) in [4.78, 5) is 26.9. The van der Waals surface area contributed by atoms with Crippen LogP contribution in [0.15, 0.2) is 24.3 Å². The van der Waals surface area contributed by atoms with Gasteiger partial charge in [-0.1, -0.05) is 6.07 Å². The smallest absolute Gasteiger partial charge is 0.254 e. The average molecular weight is 280 g/mol. The van der Waals surface area contributed by atoms with Gasteiger partial charge in [0.15, 0.2) is 0 Å². The van der Waals surface area contributed by atoms with Crippen LogP contribution in [0.25, 0.3) is 0 Å². The number of aliphatic hydroxyl groups excluding tert-OH is 1. The van der Waals surface area contributed by atoms with E-state index in [9.17, 15) is 19.1 Å². The van der Waals surface area contributed by atoms with Crippen LogP contribution in [0.5, 0.6) is 0 Å². The molecular formula is C14H17FN2O3. The Morgan fingerprint density at radius 2 is 1.80 bits per heavy atom. The minimum Gasteiger partial charge on any atom is -0.384 e. The molecule has 1 aliphatic rings. The zero-order valence-corrected chi connectivity index (χ0v) is 11.3. The lowest BCUT2D eigenvalue weighted by Gasteiger charge is -2.35. The highest BCUT2D eigenvalue weighted by Crippen LogP contribution is 2.11. The Kier molecular flexibility index (Phi) is 4.34. The maximum absolute atomic E-state index is 13.1. The van der Waals surface area contributed by atoms with E-state index in [1.54, 1.807) is 11.0 Å². The Hall–Kier alpha value is -1.95. The quantitative estimate of drug-likeness (QED) is 0.857. The lowest BCUT2D eigenvalue weighted by molar-refractivity contribution is -0.140. The van der Waals surface area contributed by atoms with Crippen LogP contribution < -0.4 is 0 Å². The number of carbonyl (C=O) groups excluding carboxylic acids is 2. The summed E-state index contributed by atoms with van der Waals surface area (Å²) >= 11 is 0. The van der Waals surface area contributed by atoms with E-state index < -0.39 is 11.9 Å². The molecule has 2 rings (SSSR count). The number of nitrogens with zero attached hydrogens (tertiary/aromatic N) is 2. The Bertz CT molecular complexity index is 511. The Morgan fingerprint density at radius 3 is 2.35 bits per heavy atom. The van der Waals surface area contributed by atoms with E-state index in [1.165, 1.54) is 30.0 Å². The van der Waals surface area contributed by atoms with Crippen molar-refractivity contribution in [1.82, 2.24) is 9.80 Å². The predicted molar refractivity (Wildman–Crippen MR) is 70.6 cm³/mol. The molecule has 1 unspecified atom stereocenters. The molecule has 0 radical (unpaired) electrons. The molecule has 0 aliphatic carbocycles. The van der Waals surface area contributed by atoms with Crippen molar-refractivity contribution in [3.8, 4) is 0 Å². The van der Waals surface area contributed by atoms with Crippen LogP contribution in [-0.2, 0) is 4.79 Å². The second-order valence-electron chi connectivity index (χ2n) is 4.80. The van der Waals surface area contributed by atoms with Crippen molar-refractivity contribution in [2.45, 2.75) is 13.0 Å². The van der Waals surface area contributed by atoms with E-state index in [0.717, 1.165) is 0 Å². The summed E-state index contributed by atoms with van der Waals surface area (Å²) in [5, 5.41) is 9.24. The van der Waals surface area contributed by atoms with Crippen LogP contribution in [0, 0.1) is 5.82 Å². The summed E-state index contributed by atoms with van der Waals surface area (Å²) in [6.45, 7) is 2.95. The molecule has 1 atom stereocenters. The molecular weight excluding hydrogens is 263 g/mol. The fourth-order valence-corrected chi connectivity index (χ4v) is 2.20. The molecule has 0 saturated carbocycles. The van der Waals surface area contributed by atoms with Crippen LogP contribution in [0.4, 0.5) is 4.39 Å². The topological polar surface area (TPSA) is 60.9 Å². The SMILES string of the molecule is CC(O)C(=O)N1CCN(C(=O)c2cccc(F)c2)CC1. The highest BCUT2D eigenvalue weighted by atomic mass is 19.1. The van der Waals surface area contributed by atoms with E-state index in [-0.39, 0.29) is 11.8 Å². The van der Waals surface area contributed by atoms with Crippen LogP contribution in [0.2, 0.25) is 0 Å². The first-order valence-corrected chi connectivity index (χ1v) is 6.50. The highest BCUT2D eigenvalue weighted by Gasteiger charge is 2.26. The maximum atomic E-state index is 13.1. The van der Waals surface area contributed by atoms with Gasteiger partial charge in [0.05, 0.1) is 0 Å². The first-order valence-electron chi connectivity index (χ1n) is 6.50. The molecule has 1 saturated heterocycles. The van der Waals surface area contributed by atoms with Gasteiger partial charge in [0, 0.05) is 31.7 Å². The Morgan fingerprint density at radius 1 is 1.20 bits per heavy atom. The van der Waals surface area contributed by atoms with Gasteiger partial charge in [-0.2, -0.15) is 0 Å². The van der Waals surface area contributed by atoms with Gasteiger partial charge in [0.25, 0.3) is 11.8 Å². The Labute approximate surface area is 116 Å². The molecule has 2 amide bonds. The largest absolute Gasteiger partial charge is 0.384 e. The third-order valence-electron chi connectivity index (χ3n) is 3.31. The molecule has 1 aromatic carbocycles. The summed E-state index contributed by atoms with van der Waals surface area (Å²) in [5.41, 5.74) is 0.306. The van der Waals surface area contributed by atoms with Crippen molar-refractivity contribution in [2.24, 2.45) is 0 Å². The van der Waals surface area contributed by atoms with E-state index >= 15 is 0 Å². The predicted octanol–water partition coefficient (Wildman–Crippen LogP) is 0.491. The molecule has 0 bridgehead atoms. The zero-order valence-electron chi connectivity index (χ0n) is 11.3. The standard InChI is InChI=1S/C14H17FN2O3/c1-10(18)13(19)16-5-7-17(8-6-16)14(20)11-3-2-4-12(15)9-11/h2-4,9-10,18H,5-8H2,1H3. The van der Waals surface area contributed by atoms with Gasteiger partial charge in [-0.15, -0.1) is 0 Å².